The van der Waals surface area contributed by atoms with Gasteiger partial charge in [0.1, 0.15) is 5.75 Å². The lowest BCUT2D eigenvalue weighted by atomic mass is 10.1. The first kappa shape index (κ1) is 20.3. The van der Waals surface area contributed by atoms with E-state index in [1.54, 1.807) is 45.2 Å². The number of carbonyl (C=O) groups excluding carboxylic acids is 1. The molecule has 0 bridgehead atoms. The van der Waals surface area contributed by atoms with E-state index in [9.17, 15) is 4.79 Å². The Bertz CT molecular complexity index is 737. The van der Waals surface area contributed by atoms with Gasteiger partial charge in [0.2, 0.25) is 5.91 Å². The number of nitrogens with one attached hydrogen (secondary N) is 1. The number of hydrogen-bond donors (Lipinski definition) is 1. The molecule has 2 rings (SSSR count). The van der Waals surface area contributed by atoms with Crippen LogP contribution < -0.4 is 19.5 Å². The first-order valence-electron chi connectivity index (χ1n) is 8.01. The molecule has 0 unspecified atom stereocenters. The van der Waals surface area contributed by atoms with Crippen molar-refractivity contribution in [1.82, 2.24) is 5.32 Å². The zero-order valence-corrected chi connectivity index (χ0v) is 16.6. The summed E-state index contributed by atoms with van der Waals surface area (Å²) in [7, 11) is 4.72. The molecule has 0 radical (unpaired) electrons. The van der Waals surface area contributed by atoms with Gasteiger partial charge in [-0.15, -0.1) is 11.8 Å². The van der Waals surface area contributed by atoms with Crippen LogP contribution in [0.1, 0.15) is 12.0 Å². The van der Waals surface area contributed by atoms with Gasteiger partial charge in [0.05, 0.1) is 21.3 Å². The van der Waals surface area contributed by atoms with E-state index in [1.807, 2.05) is 24.3 Å². The van der Waals surface area contributed by atoms with Crippen LogP contribution in [0, 0.1) is 0 Å². The quantitative estimate of drug-likeness (QED) is 0.646. The molecular weight excluding hydrogens is 374 g/mol. The number of methoxy groups -OCH3 is 3. The van der Waals surface area contributed by atoms with E-state index >= 15 is 0 Å². The molecule has 0 saturated carbocycles. The van der Waals surface area contributed by atoms with E-state index in [1.165, 1.54) is 0 Å². The minimum absolute atomic E-state index is 0.0247. The lowest BCUT2D eigenvalue weighted by molar-refractivity contribution is -0.120. The van der Waals surface area contributed by atoms with Crippen LogP contribution in [0.3, 0.4) is 0 Å². The Balaban J connectivity index is 1.87. The maximum atomic E-state index is 12.1. The molecule has 0 heterocycles. The van der Waals surface area contributed by atoms with E-state index in [0.717, 1.165) is 10.5 Å². The first-order valence-corrected chi connectivity index (χ1v) is 9.37. The van der Waals surface area contributed by atoms with E-state index in [-0.39, 0.29) is 5.91 Å². The van der Waals surface area contributed by atoms with Crippen molar-refractivity contribution in [1.29, 1.82) is 0 Å². The second-order valence-electron chi connectivity index (χ2n) is 5.35. The number of halogens is 1. The van der Waals surface area contributed by atoms with Crippen LogP contribution in [0.2, 0.25) is 5.02 Å². The Hall–Kier alpha value is -2.05. The van der Waals surface area contributed by atoms with Crippen molar-refractivity contribution in [2.75, 3.05) is 27.1 Å². The molecule has 1 N–H and O–H groups in total. The fourth-order valence-electron chi connectivity index (χ4n) is 2.31. The summed E-state index contributed by atoms with van der Waals surface area (Å²) in [5.74, 6) is 2.48. The Morgan fingerprint density at radius 2 is 1.62 bits per heavy atom. The van der Waals surface area contributed by atoms with Crippen LogP contribution in [0.4, 0.5) is 0 Å². The number of amides is 1. The lowest BCUT2D eigenvalue weighted by Crippen LogP contribution is -2.23. The third-order valence-corrected chi connectivity index (χ3v) is 4.94. The minimum atomic E-state index is -0.0247. The molecule has 0 fully saturated rings. The molecule has 0 spiro atoms. The number of hydrogen-bond acceptors (Lipinski definition) is 5. The second-order valence-corrected chi connectivity index (χ2v) is 6.95. The van der Waals surface area contributed by atoms with Gasteiger partial charge in [-0.1, -0.05) is 11.6 Å². The van der Waals surface area contributed by atoms with Crippen LogP contribution in [-0.4, -0.2) is 33.0 Å². The van der Waals surface area contributed by atoms with Gasteiger partial charge in [-0.3, -0.25) is 4.79 Å². The molecule has 0 aromatic heterocycles. The van der Waals surface area contributed by atoms with Crippen LogP contribution in [0.15, 0.2) is 41.3 Å². The van der Waals surface area contributed by atoms with Crippen LogP contribution in [0.25, 0.3) is 0 Å². The van der Waals surface area contributed by atoms with Gasteiger partial charge >= 0.3 is 0 Å². The van der Waals surface area contributed by atoms with E-state index < -0.39 is 0 Å². The summed E-state index contributed by atoms with van der Waals surface area (Å²) in [5.41, 5.74) is 0.823. The van der Waals surface area contributed by atoms with Crippen molar-refractivity contribution in [2.24, 2.45) is 0 Å². The summed E-state index contributed by atoms with van der Waals surface area (Å²) >= 11 is 7.48. The summed E-state index contributed by atoms with van der Waals surface area (Å²) in [5, 5.41) is 3.61. The fourth-order valence-corrected chi connectivity index (χ4v) is 3.28. The van der Waals surface area contributed by atoms with Crippen LogP contribution >= 0.6 is 23.4 Å². The lowest BCUT2D eigenvalue weighted by Gasteiger charge is -2.14. The van der Waals surface area contributed by atoms with Gasteiger partial charge in [-0.05, 0) is 30.3 Å². The van der Waals surface area contributed by atoms with Crippen molar-refractivity contribution < 1.29 is 19.0 Å². The molecule has 0 aliphatic rings. The highest BCUT2D eigenvalue weighted by atomic mass is 35.5. The number of thioether (sulfide) groups is 1. The Morgan fingerprint density at radius 3 is 2.23 bits per heavy atom. The summed E-state index contributed by atoms with van der Waals surface area (Å²) in [4.78, 5) is 13.2. The summed E-state index contributed by atoms with van der Waals surface area (Å²) < 4.78 is 15.9. The van der Waals surface area contributed by atoms with Gasteiger partial charge in [-0.2, -0.15) is 0 Å². The van der Waals surface area contributed by atoms with E-state index in [4.69, 9.17) is 25.8 Å². The molecule has 0 aliphatic heterocycles. The van der Waals surface area contributed by atoms with Crippen molar-refractivity contribution in [2.45, 2.75) is 17.9 Å². The number of rotatable bonds is 9. The predicted octanol–water partition coefficient (Wildman–Crippen LogP) is 4.16. The molecule has 1 amide bonds. The topological polar surface area (TPSA) is 56.8 Å². The average molecular weight is 396 g/mol. The van der Waals surface area contributed by atoms with Crippen LogP contribution in [0.5, 0.6) is 17.2 Å². The number of carbonyl (C=O) groups is 1. The largest absolute Gasteiger partial charge is 0.496 e. The smallest absolute Gasteiger partial charge is 0.221 e. The monoisotopic (exact) mass is 395 g/mol. The first-order chi connectivity index (χ1) is 12.6. The fraction of sp³-hybridized carbons (Fsp3) is 0.316. The molecule has 2 aromatic carbocycles. The molecule has 2 aromatic rings. The highest BCUT2D eigenvalue weighted by Crippen LogP contribution is 2.34. The molecule has 0 atom stereocenters. The average Bonchev–Trinajstić information content (AvgIpc) is 2.67. The zero-order chi connectivity index (χ0) is 18.9. The highest BCUT2D eigenvalue weighted by Gasteiger charge is 2.12. The van der Waals surface area contributed by atoms with Crippen LogP contribution in [-0.2, 0) is 11.3 Å². The standard InChI is InChI=1S/C19H22ClNO4S/c1-23-16-11-18(25-3)17(24-2)10-13(16)12-21-19(22)8-9-26-15-6-4-14(20)5-7-15/h4-7,10-11H,8-9,12H2,1-3H3,(H,21,22). The molecule has 26 heavy (non-hydrogen) atoms. The van der Waals surface area contributed by atoms with Gasteiger partial charge in [0.15, 0.2) is 11.5 Å². The Kier molecular flexibility index (Phi) is 7.94. The minimum Gasteiger partial charge on any atom is -0.496 e. The van der Waals surface area contributed by atoms with E-state index in [0.29, 0.717) is 41.0 Å². The van der Waals surface area contributed by atoms with Gasteiger partial charge in [0, 0.05) is 40.3 Å². The molecule has 140 valence electrons. The van der Waals surface area contributed by atoms with Crippen molar-refractivity contribution in [3.63, 3.8) is 0 Å². The van der Waals surface area contributed by atoms with Gasteiger partial charge in [-0.25, -0.2) is 0 Å². The molecule has 0 aliphatic carbocycles. The summed E-state index contributed by atoms with van der Waals surface area (Å²) in [6.45, 7) is 0.355. The third kappa shape index (κ3) is 5.75. The van der Waals surface area contributed by atoms with Gasteiger partial charge in [0.25, 0.3) is 0 Å². The zero-order valence-electron chi connectivity index (χ0n) is 15.0. The normalized spacial score (nSPS) is 10.3. The Morgan fingerprint density at radius 1 is 1.00 bits per heavy atom. The van der Waals surface area contributed by atoms with Crippen molar-refractivity contribution in [3.05, 3.63) is 47.0 Å². The highest BCUT2D eigenvalue weighted by molar-refractivity contribution is 7.99. The number of benzene rings is 2. The molecular formula is C19H22ClNO4S. The van der Waals surface area contributed by atoms with Gasteiger partial charge < -0.3 is 19.5 Å². The van der Waals surface area contributed by atoms with Crippen molar-refractivity contribution in [3.8, 4) is 17.2 Å². The van der Waals surface area contributed by atoms with E-state index in [2.05, 4.69) is 5.32 Å². The SMILES string of the molecule is COc1cc(OC)c(OC)cc1CNC(=O)CCSc1ccc(Cl)cc1. The maximum Gasteiger partial charge on any atom is 0.221 e. The summed E-state index contributed by atoms with van der Waals surface area (Å²) in [6.07, 6.45) is 0.420. The van der Waals surface area contributed by atoms with Crippen molar-refractivity contribution >= 4 is 29.3 Å². The predicted molar refractivity (Wildman–Crippen MR) is 105 cm³/mol. The third-order valence-electron chi connectivity index (χ3n) is 3.67. The second kappa shape index (κ2) is 10.2. The Labute approximate surface area is 163 Å². The molecule has 5 nitrogen and oxygen atoms in total. The summed E-state index contributed by atoms with van der Waals surface area (Å²) in [6, 6.07) is 11.1. The molecule has 0 saturated heterocycles. The number of ether oxygens (including phenoxy) is 3. The molecule has 7 heteroatoms. The maximum absolute atomic E-state index is 12.1.